The van der Waals surface area contributed by atoms with Gasteiger partial charge in [0, 0.05) is 6.54 Å². The molecule has 1 aliphatic carbocycles. The van der Waals surface area contributed by atoms with E-state index in [2.05, 4.69) is 10.6 Å². The van der Waals surface area contributed by atoms with Crippen LogP contribution >= 0.6 is 11.3 Å². The smallest absolute Gasteiger partial charge is 0.262 e. The molecule has 2 N–H and O–H groups in total. The van der Waals surface area contributed by atoms with E-state index in [1.807, 2.05) is 11.4 Å². The van der Waals surface area contributed by atoms with E-state index in [-0.39, 0.29) is 17.9 Å². The van der Waals surface area contributed by atoms with Gasteiger partial charge in [0.15, 0.2) is 0 Å². The first-order chi connectivity index (χ1) is 8.75. The molecule has 4 nitrogen and oxygen atoms in total. The van der Waals surface area contributed by atoms with E-state index in [1.54, 1.807) is 0 Å². The zero-order valence-corrected chi connectivity index (χ0v) is 10.9. The number of hydrogen-bond donors (Lipinski definition) is 2. The minimum atomic E-state index is -0.361. The topological polar surface area (TPSA) is 58.2 Å². The quantitative estimate of drug-likeness (QED) is 0.872. The number of amides is 2. The van der Waals surface area contributed by atoms with Crippen molar-refractivity contribution < 1.29 is 9.59 Å². The van der Waals surface area contributed by atoms with Gasteiger partial charge in [0.2, 0.25) is 5.91 Å². The monoisotopic (exact) mass is 264 g/mol. The summed E-state index contributed by atoms with van der Waals surface area (Å²) in [7, 11) is 0. The molecule has 0 spiro atoms. The highest BCUT2D eigenvalue weighted by Gasteiger charge is 2.30. The van der Waals surface area contributed by atoms with Gasteiger partial charge in [0.05, 0.1) is 4.88 Å². The van der Waals surface area contributed by atoms with Crippen molar-refractivity contribution in [3.63, 3.8) is 0 Å². The SMILES string of the molecule is O=C(NC1CCCNC1=O)c1sccc1C1CC1. The molecule has 3 rings (SSSR count). The Kier molecular flexibility index (Phi) is 3.07. The van der Waals surface area contributed by atoms with Crippen molar-refractivity contribution in [3.8, 4) is 0 Å². The molecule has 1 unspecified atom stereocenters. The van der Waals surface area contributed by atoms with Crippen LogP contribution in [0.5, 0.6) is 0 Å². The second-order valence-corrected chi connectivity index (χ2v) is 5.85. The van der Waals surface area contributed by atoms with Crippen molar-refractivity contribution >= 4 is 23.2 Å². The summed E-state index contributed by atoms with van der Waals surface area (Å²) < 4.78 is 0. The lowest BCUT2D eigenvalue weighted by Gasteiger charge is -2.22. The largest absolute Gasteiger partial charge is 0.354 e. The highest BCUT2D eigenvalue weighted by Crippen LogP contribution is 2.43. The number of piperidine rings is 1. The minimum Gasteiger partial charge on any atom is -0.354 e. The van der Waals surface area contributed by atoms with Gasteiger partial charge in [-0.2, -0.15) is 0 Å². The second-order valence-electron chi connectivity index (χ2n) is 4.94. The molecule has 1 aromatic heterocycles. The van der Waals surface area contributed by atoms with Crippen LogP contribution in [0.25, 0.3) is 0 Å². The van der Waals surface area contributed by atoms with Crippen LogP contribution < -0.4 is 10.6 Å². The summed E-state index contributed by atoms with van der Waals surface area (Å²) in [6.07, 6.45) is 4.03. The van der Waals surface area contributed by atoms with Gasteiger partial charge in [-0.3, -0.25) is 9.59 Å². The maximum Gasteiger partial charge on any atom is 0.262 e. The molecule has 2 aliphatic rings. The van der Waals surface area contributed by atoms with Crippen LogP contribution in [0.1, 0.15) is 46.8 Å². The van der Waals surface area contributed by atoms with Gasteiger partial charge in [0.25, 0.3) is 5.91 Å². The van der Waals surface area contributed by atoms with E-state index < -0.39 is 0 Å². The highest BCUT2D eigenvalue weighted by molar-refractivity contribution is 7.12. The van der Waals surface area contributed by atoms with Crippen molar-refractivity contribution in [2.45, 2.75) is 37.6 Å². The summed E-state index contributed by atoms with van der Waals surface area (Å²) in [6.45, 7) is 0.720. The molecular formula is C13H16N2O2S. The third kappa shape index (κ3) is 2.27. The van der Waals surface area contributed by atoms with Crippen molar-refractivity contribution in [1.29, 1.82) is 0 Å². The van der Waals surface area contributed by atoms with Gasteiger partial charge >= 0.3 is 0 Å². The van der Waals surface area contributed by atoms with Gasteiger partial charge in [0.1, 0.15) is 6.04 Å². The third-order valence-electron chi connectivity index (χ3n) is 3.51. The summed E-state index contributed by atoms with van der Waals surface area (Å²) in [6, 6.07) is 1.68. The molecule has 0 radical (unpaired) electrons. The molecule has 1 saturated heterocycles. The van der Waals surface area contributed by atoms with Crippen molar-refractivity contribution in [2.75, 3.05) is 6.54 Å². The van der Waals surface area contributed by atoms with Gasteiger partial charge < -0.3 is 10.6 Å². The second kappa shape index (κ2) is 4.72. The lowest BCUT2D eigenvalue weighted by Crippen LogP contribution is -2.50. The van der Waals surface area contributed by atoms with E-state index in [9.17, 15) is 9.59 Å². The molecule has 2 amide bonds. The Labute approximate surface area is 110 Å². The van der Waals surface area contributed by atoms with Crippen molar-refractivity contribution in [3.05, 3.63) is 21.9 Å². The predicted molar refractivity (Wildman–Crippen MR) is 69.8 cm³/mol. The fourth-order valence-electron chi connectivity index (χ4n) is 2.35. The molecule has 5 heteroatoms. The lowest BCUT2D eigenvalue weighted by atomic mass is 10.1. The first-order valence-electron chi connectivity index (χ1n) is 6.41. The molecule has 2 fully saturated rings. The normalized spacial score (nSPS) is 23.6. The summed E-state index contributed by atoms with van der Waals surface area (Å²) in [4.78, 5) is 24.6. The Morgan fingerprint density at radius 3 is 2.94 bits per heavy atom. The zero-order valence-electron chi connectivity index (χ0n) is 10.1. The van der Waals surface area contributed by atoms with Crippen LogP contribution in [0.15, 0.2) is 11.4 Å². The average molecular weight is 264 g/mol. The Morgan fingerprint density at radius 2 is 2.22 bits per heavy atom. The zero-order chi connectivity index (χ0) is 12.5. The lowest BCUT2D eigenvalue weighted by molar-refractivity contribution is -0.124. The summed E-state index contributed by atoms with van der Waals surface area (Å²) in [5, 5.41) is 7.60. The van der Waals surface area contributed by atoms with Crippen LogP contribution in [0, 0.1) is 0 Å². The Hall–Kier alpha value is -1.36. The first-order valence-corrected chi connectivity index (χ1v) is 7.29. The van der Waals surface area contributed by atoms with Crippen LogP contribution in [-0.4, -0.2) is 24.4 Å². The van der Waals surface area contributed by atoms with Crippen LogP contribution in [0.4, 0.5) is 0 Å². The average Bonchev–Trinajstić information content (AvgIpc) is 3.09. The predicted octanol–water partition coefficient (Wildman–Crippen LogP) is 1.63. The van der Waals surface area contributed by atoms with Gasteiger partial charge in [-0.05, 0) is 48.6 Å². The van der Waals surface area contributed by atoms with E-state index >= 15 is 0 Å². The number of thiophene rings is 1. The maximum atomic E-state index is 12.2. The fourth-order valence-corrected chi connectivity index (χ4v) is 3.24. The molecule has 2 heterocycles. The van der Waals surface area contributed by atoms with Crippen LogP contribution in [0.2, 0.25) is 0 Å². The third-order valence-corrected chi connectivity index (χ3v) is 4.44. The Morgan fingerprint density at radius 1 is 1.39 bits per heavy atom. The van der Waals surface area contributed by atoms with E-state index in [0.717, 1.165) is 29.8 Å². The van der Waals surface area contributed by atoms with E-state index in [1.165, 1.54) is 24.2 Å². The molecule has 1 aliphatic heterocycles. The number of carbonyl (C=O) groups excluding carboxylic acids is 2. The Bertz CT molecular complexity index is 479. The van der Waals surface area contributed by atoms with E-state index in [0.29, 0.717) is 5.92 Å². The molecule has 1 saturated carbocycles. The van der Waals surface area contributed by atoms with E-state index in [4.69, 9.17) is 0 Å². The number of nitrogens with one attached hydrogen (secondary N) is 2. The standard InChI is InChI=1S/C13H16N2O2S/c16-12-10(2-1-6-14-12)15-13(17)11-9(5-7-18-11)8-3-4-8/h5,7-8,10H,1-4,6H2,(H,14,16)(H,15,17). The van der Waals surface area contributed by atoms with Gasteiger partial charge in [-0.15, -0.1) is 11.3 Å². The van der Waals surface area contributed by atoms with Crippen LogP contribution in [0.3, 0.4) is 0 Å². The molecule has 0 bridgehead atoms. The maximum absolute atomic E-state index is 12.2. The highest BCUT2D eigenvalue weighted by atomic mass is 32.1. The number of carbonyl (C=O) groups is 2. The molecule has 18 heavy (non-hydrogen) atoms. The number of hydrogen-bond acceptors (Lipinski definition) is 3. The van der Waals surface area contributed by atoms with Gasteiger partial charge in [-0.1, -0.05) is 0 Å². The summed E-state index contributed by atoms with van der Waals surface area (Å²) >= 11 is 1.47. The number of rotatable bonds is 3. The minimum absolute atomic E-state index is 0.0564. The van der Waals surface area contributed by atoms with Crippen molar-refractivity contribution in [2.24, 2.45) is 0 Å². The molecular weight excluding hydrogens is 248 g/mol. The van der Waals surface area contributed by atoms with Gasteiger partial charge in [-0.25, -0.2) is 0 Å². The summed E-state index contributed by atoms with van der Waals surface area (Å²) in [5.74, 6) is 0.422. The fraction of sp³-hybridized carbons (Fsp3) is 0.538. The molecule has 0 aromatic carbocycles. The summed E-state index contributed by atoms with van der Waals surface area (Å²) in [5.41, 5.74) is 1.16. The molecule has 96 valence electrons. The Balaban J connectivity index is 1.70. The molecule has 1 aromatic rings. The molecule has 1 atom stereocenters. The first kappa shape index (κ1) is 11.7. The van der Waals surface area contributed by atoms with Crippen LogP contribution in [-0.2, 0) is 4.79 Å². The van der Waals surface area contributed by atoms with Crippen molar-refractivity contribution in [1.82, 2.24) is 10.6 Å².